The Morgan fingerprint density at radius 1 is 0.737 bits per heavy atom. The van der Waals surface area contributed by atoms with E-state index in [0.29, 0.717) is 0 Å². The van der Waals surface area contributed by atoms with Crippen molar-refractivity contribution in [2.24, 2.45) is 0 Å². The molecule has 4 aromatic rings. The van der Waals surface area contributed by atoms with Crippen LogP contribution in [-0.4, -0.2) is 12.4 Å². The first-order valence-corrected chi connectivity index (χ1v) is 14.4. The van der Waals surface area contributed by atoms with Crippen molar-refractivity contribution in [3.63, 3.8) is 0 Å². The zero-order valence-electron chi connectivity index (χ0n) is 22.9. The fourth-order valence-corrected chi connectivity index (χ4v) is 8.64. The fraction of sp³-hybridized carbons (Fsp3) is 0.278. The van der Waals surface area contributed by atoms with Crippen LogP contribution in [0.2, 0.25) is 0 Å². The minimum atomic E-state index is 0.0779. The predicted octanol–water partition coefficient (Wildman–Crippen LogP) is 7.65. The molecule has 4 aliphatic rings. The number of hydrogen-bond acceptors (Lipinski definition) is 1. The molecule has 0 bridgehead atoms. The number of rotatable bonds is 1. The van der Waals surface area contributed by atoms with Crippen molar-refractivity contribution in [1.82, 2.24) is 0 Å². The standard InChI is InChI=1S/C36H34BN/c1-23-21-25-17-18-28-27(26-12-6-5-11-24(26)2)13-10-16-32(28)37-33(25)30(22-23)29-14-9-15-31-34(29)38(37)36(4)20-8-7-19-35(31,36)3/h5-6,9-18,21-22H,7-8,19-20H2,1-4H3. The second-order valence-corrected chi connectivity index (χ2v) is 12.6. The number of hydrogen-bond donors (Lipinski definition) is 0. The van der Waals surface area contributed by atoms with E-state index in [0.717, 1.165) is 0 Å². The summed E-state index contributed by atoms with van der Waals surface area (Å²) in [6, 6.07) is 27.9. The molecular formula is C36H34BN. The van der Waals surface area contributed by atoms with Crippen molar-refractivity contribution in [3.8, 4) is 22.3 Å². The Hall–Kier alpha value is -3.52. The van der Waals surface area contributed by atoms with Crippen LogP contribution in [0.1, 0.15) is 67.3 Å². The molecule has 1 aliphatic carbocycles. The second kappa shape index (κ2) is 7.53. The van der Waals surface area contributed by atoms with Gasteiger partial charge >= 0.3 is 6.85 Å². The molecule has 0 saturated heterocycles. The van der Waals surface area contributed by atoms with E-state index in [1.807, 2.05) is 0 Å². The monoisotopic (exact) mass is 491 g/mol. The van der Waals surface area contributed by atoms with Crippen molar-refractivity contribution in [3.05, 3.63) is 101 Å². The summed E-state index contributed by atoms with van der Waals surface area (Å²) in [5, 5.41) is 0. The highest BCUT2D eigenvalue weighted by atomic mass is 15.2. The zero-order valence-corrected chi connectivity index (χ0v) is 22.9. The highest BCUT2D eigenvalue weighted by Crippen LogP contribution is 2.62. The zero-order chi connectivity index (χ0) is 25.8. The molecule has 2 atom stereocenters. The van der Waals surface area contributed by atoms with Crippen LogP contribution in [-0.2, 0) is 5.41 Å². The van der Waals surface area contributed by atoms with Crippen LogP contribution in [0.5, 0.6) is 0 Å². The normalized spacial score (nSPS) is 23.9. The summed E-state index contributed by atoms with van der Waals surface area (Å²) in [4.78, 5) is 2.91. The fourth-order valence-electron chi connectivity index (χ4n) is 8.64. The summed E-state index contributed by atoms with van der Waals surface area (Å²) >= 11 is 0. The van der Waals surface area contributed by atoms with Crippen LogP contribution in [0.25, 0.3) is 34.4 Å². The van der Waals surface area contributed by atoms with E-state index < -0.39 is 0 Å². The first-order chi connectivity index (χ1) is 18.4. The highest BCUT2D eigenvalue weighted by Gasteiger charge is 2.61. The Labute approximate surface area is 227 Å². The van der Waals surface area contributed by atoms with Crippen molar-refractivity contribution >= 4 is 35.6 Å². The number of anilines is 1. The number of fused-ring (bicyclic) bond motifs is 7. The van der Waals surface area contributed by atoms with Gasteiger partial charge in [0.25, 0.3) is 0 Å². The smallest absolute Gasteiger partial charge is 0.325 e. The molecule has 2 unspecified atom stereocenters. The Kier molecular flexibility index (Phi) is 4.45. The van der Waals surface area contributed by atoms with Gasteiger partial charge in [0.05, 0.1) is 0 Å². The van der Waals surface area contributed by atoms with Gasteiger partial charge in [0.2, 0.25) is 0 Å². The maximum absolute atomic E-state index is 2.91. The third kappa shape index (κ3) is 2.64. The van der Waals surface area contributed by atoms with E-state index in [1.165, 1.54) is 86.8 Å². The van der Waals surface area contributed by atoms with Crippen LogP contribution >= 0.6 is 0 Å². The van der Waals surface area contributed by atoms with Gasteiger partial charge in [0, 0.05) is 22.2 Å². The molecule has 0 N–H and O–H groups in total. The maximum Gasteiger partial charge on any atom is 0.325 e. The Bertz CT molecular complexity index is 1700. The summed E-state index contributed by atoms with van der Waals surface area (Å²) < 4.78 is 0. The first kappa shape index (κ1) is 22.5. The Balaban J connectivity index is 1.50. The van der Waals surface area contributed by atoms with E-state index in [1.54, 1.807) is 5.56 Å². The minimum Gasteiger partial charge on any atom is -0.400 e. The van der Waals surface area contributed by atoms with E-state index in [9.17, 15) is 0 Å². The first-order valence-electron chi connectivity index (χ1n) is 14.4. The third-order valence-electron chi connectivity index (χ3n) is 10.7. The minimum absolute atomic E-state index is 0.0779. The van der Waals surface area contributed by atoms with Crippen LogP contribution in [0.15, 0.2) is 72.8 Å². The number of nitrogens with zero attached hydrogens (tertiary/aromatic N) is 1. The molecule has 2 heteroatoms. The van der Waals surface area contributed by atoms with Crippen LogP contribution < -0.4 is 15.7 Å². The van der Waals surface area contributed by atoms with Gasteiger partial charge in [-0.25, -0.2) is 0 Å². The molecule has 3 aliphatic heterocycles. The Morgan fingerprint density at radius 3 is 2.37 bits per heavy atom. The lowest BCUT2D eigenvalue weighted by molar-refractivity contribution is 0.199. The van der Waals surface area contributed by atoms with Gasteiger partial charge < -0.3 is 4.81 Å². The predicted molar refractivity (Wildman–Crippen MR) is 164 cm³/mol. The van der Waals surface area contributed by atoms with E-state index in [4.69, 9.17) is 0 Å². The quantitative estimate of drug-likeness (QED) is 0.247. The van der Waals surface area contributed by atoms with Crippen LogP contribution in [0.4, 0.5) is 5.69 Å². The maximum atomic E-state index is 2.91. The molecule has 1 nitrogen and oxygen atoms in total. The second-order valence-electron chi connectivity index (χ2n) is 12.6. The van der Waals surface area contributed by atoms with E-state index >= 15 is 0 Å². The SMILES string of the molecule is Cc1cc2c3c(c1)-c1cccc4c1N(B3c1cccc(-c3ccccc3C)c1C=C2)C1(C)CCCCC41C. The van der Waals surface area contributed by atoms with Gasteiger partial charge in [-0.2, -0.15) is 0 Å². The van der Waals surface area contributed by atoms with E-state index in [-0.39, 0.29) is 17.8 Å². The summed E-state index contributed by atoms with van der Waals surface area (Å²) in [5.74, 6) is 0. The average molecular weight is 491 g/mol. The van der Waals surface area contributed by atoms with Crippen molar-refractivity contribution in [1.29, 1.82) is 0 Å². The van der Waals surface area contributed by atoms with Gasteiger partial charge in [-0.05, 0) is 89.0 Å². The van der Waals surface area contributed by atoms with Gasteiger partial charge in [-0.15, -0.1) is 0 Å². The average Bonchev–Trinajstić information content (AvgIpc) is 3.01. The summed E-state index contributed by atoms with van der Waals surface area (Å²) in [5.41, 5.74) is 17.2. The molecule has 1 fully saturated rings. The lowest BCUT2D eigenvalue weighted by Gasteiger charge is -2.54. The topological polar surface area (TPSA) is 3.24 Å². The van der Waals surface area contributed by atoms with E-state index in [2.05, 4.69) is 117 Å². The number of aryl methyl sites for hydroxylation is 2. The molecule has 0 aromatic heterocycles. The molecule has 0 amide bonds. The van der Waals surface area contributed by atoms with Crippen LogP contribution in [0.3, 0.4) is 0 Å². The Morgan fingerprint density at radius 2 is 1.50 bits per heavy atom. The lowest BCUT2D eigenvalue weighted by atomic mass is 9.43. The molecule has 186 valence electrons. The van der Waals surface area contributed by atoms with Gasteiger partial charge in [-0.1, -0.05) is 105 Å². The van der Waals surface area contributed by atoms with Crippen molar-refractivity contribution in [2.45, 2.75) is 64.3 Å². The molecular weight excluding hydrogens is 457 g/mol. The van der Waals surface area contributed by atoms with Gasteiger partial charge in [-0.3, -0.25) is 0 Å². The molecule has 3 heterocycles. The lowest BCUT2D eigenvalue weighted by Crippen LogP contribution is -2.69. The number of benzene rings is 4. The number of para-hydroxylation sites is 1. The third-order valence-corrected chi connectivity index (χ3v) is 10.7. The van der Waals surface area contributed by atoms with Crippen molar-refractivity contribution in [2.75, 3.05) is 4.81 Å². The molecule has 0 radical (unpaired) electrons. The molecule has 38 heavy (non-hydrogen) atoms. The summed E-state index contributed by atoms with van der Waals surface area (Å²) in [7, 11) is 0. The summed E-state index contributed by atoms with van der Waals surface area (Å²) in [6.07, 6.45) is 9.95. The molecule has 8 rings (SSSR count). The van der Waals surface area contributed by atoms with Crippen LogP contribution in [0, 0.1) is 13.8 Å². The van der Waals surface area contributed by atoms with Crippen molar-refractivity contribution < 1.29 is 0 Å². The van der Waals surface area contributed by atoms with Gasteiger partial charge in [0.15, 0.2) is 0 Å². The largest absolute Gasteiger partial charge is 0.400 e. The molecule has 1 saturated carbocycles. The summed E-state index contributed by atoms with van der Waals surface area (Å²) in [6.45, 7) is 9.85. The molecule has 0 spiro atoms. The highest BCUT2D eigenvalue weighted by molar-refractivity contribution is 6.91. The van der Waals surface area contributed by atoms with Gasteiger partial charge in [0.1, 0.15) is 0 Å². The molecule has 4 aromatic carbocycles.